The van der Waals surface area contributed by atoms with Crippen LogP contribution in [0.15, 0.2) is 29.6 Å². The maximum absolute atomic E-state index is 4.82. The predicted octanol–water partition coefficient (Wildman–Crippen LogP) is 3.97. The summed E-state index contributed by atoms with van der Waals surface area (Å²) in [6.45, 7) is 6.67. The Labute approximate surface area is 149 Å². The van der Waals surface area contributed by atoms with Crippen LogP contribution in [0.4, 0.5) is 0 Å². The van der Waals surface area contributed by atoms with Gasteiger partial charge in [0.25, 0.3) is 0 Å². The van der Waals surface area contributed by atoms with Gasteiger partial charge in [0.1, 0.15) is 5.01 Å². The SMILES string of the molecule is CNCC1CCN(Cc2csc(-c3ccc(C)cc3)n2)CC1.Cl. The quantitative estimate of drug-likeness (QED) is 0.883. The van der Waals surface area contributed by atoms with Crippen LogP contribution in [0.3, 0.4) is 0 Å². The molecule has 2 heterocycles. The molecular formula is C18H26ClN3S. The summed E-state index contributed by atoms with van der Waals surface area (Å²) in [5.74, 6) is 0.847. The molecule has 5 heteroatoms. The molecule has 1 aromatic heterocycles. The largest absolute Gasteiger partial charge is 0.319 e. The van der Waals surface area contributed by atoms with E-state index in [1.807, 2.05) is 7.05 Å². The van der Waals surface area contributed by atoms with Gasteiger partial charge in [0.2, 0.25) is 0 Å². The molecule has 3 nitrogen and oxygen atoms in total. The Morgan fingerprint density at radius 2 is 1.91 bits per heavy atom. The number of aryl methyl sites for hydroxylation is 1. The van der Waals surface area contributed by atoms with E-state index in [1.165, 1.54) is 42.8 Å². The minimum absolute atomic E-state index is 0. The lowest BCUT2D eigenvalue weighted by Gasteiger charge is -2.31. The Kier molecular flexibility index (Phi) is 7.03. The third kappa shape index (κ3) is 5.01. The topological polar surface area (TPSA) is 28.2 Å². The minimum Gasteiger partial charge on any atom is -0.319 e. The number of hydrogen-bond acceptors (Lipinski definition) is 4. The van der Waals surface area contributed by atoms with Crippen LogP contribution in [-0.2, 0) is 6.54 Å². The Balaban J connectivity index is 0.00000192. The lowest BCUT2D eigenvalue weighted by Crippen LogP contribution is -2.36. The van der Waals surface area contributed by atoms with Crippen molar-refractivity contribution in [3.05, 3.63) is 40.9 Å². The number of piperidine rings is 1. The summed E-state index contributed by atoms with van der Waals surface area (Å²) in [6.07, 6.45) is 2.60. The fourth-order valence-corrected chi connectivity index (χ4v) is 3.89. The maximum Gasteiger partial charge on any atom is 0.123 e. The molecular weight excluding hydrogens is 326 g/mol. The van der Waals surface area contributed by atoms with E-state index in [0.717, 1.165) is 24.0 Å². The van der Waals surface area contributed by atoms with Crippen molar-refractivity contribution in [3.8, 4) is 10.6 Å². The van der Waals surface area contributed by atoms with E-state index in [1.54, 1.807) is 11.3 Å². The average molecular weight is 352 g/mol. The highest BCUT2D eigenvalue weighted by Crippen LogP contribution is 2.25. The normalized spacial score (nSPS) is 16.3. The molecule has 1 aliphatic rings. The van der Waals surface area contributed by atoms with Crippen molar-refractivity contribution in [1.29, 1.82) is 0 Å². The van der Waals surface area contributed by atoms with Gasteiger partial charge in [-0.15, -0.1) is 23.7 Å². The monoisotopic (exact) mass is 351 g/mol. The molecule has 1 fully saturated rings. The van der Waals surface area contributed by atoms with Crippen molar-refractivity contribution >= 4 is 23.7 Å². The summed E-state index contributed by atoms with van der Waals surface area (Å²) >= 11 is 1.76. The Morgan fingerprint density at radius 3 is 2.57 bits per heavy atom. The highest BCUT2D eigenvalue weighted by Gasteiger charge is 2.19. The molecule has 0 aliphatic carbocycles. The lowest BCUT2D eigenvalue weighted by molar-refractivity contribution is 0.175. The molecule has 1 aliphatic heterocycles. The molecule has 126 valence electrons. The van der Waals surface area contributed by atoms with Gasteiger partial charge >= 0.3 is 0 Å². The minimum atomic E-state index is 0. The van der Waals surface area contributed by atoms with Gasteiger partial charge in [0, 0.05) is 17.5 Å². The number of nitrogens with zero attached hydrogens (tertiary/aromatic N) is 2. The van der Waals surface area contributed by atoms with Crippen LogP contribution in [0.25, 0.3) is 10.6 Å². The first-order valence-corrected chi connectivity index (χ1v) is 9.01. The van der Waals surface area contributed by atoms with Gasteiger partial charge in [0.15, 0.2) is 0 Å². The number of halogens is 1. The van der Waals surface area contributed by atoms with Crippen LogP contribution in [0.2, 0.25) is 0 Å². The van der Waals surface area contributed by atoms with E-state index < -0.39 is 0 Å². The third-order valence-electron chi connectivity index (χ3n) is 4.44. The van der Waals surface area contributed by atoms with E-state index in [0.29, 0.717) is 0 Å². The molecule has 0 atom stereocenters. The predicted molar refractivity (Wildman–Crippen MR) is 101 cm³/mol. The highest BCUT2D eigenvalue weighted by molar-refractivity contribution is 7.13. The molecule has 1 aromatic carbocycles. The summed E-state index contributed by atoms with van der Waals surface area (Å²) in [6, 6.07) is 8.65. The smallest absolute Gasteiger partial charge is 0.123 e. The van der Waals surface area contributed by atoms with Crippen LogP contribution in [0.5, 0.6) is 0 Å². The Morgan fingerprint density at radius 1 is 1.22 bits per heavy atom. The fraction of sp³-hybridized carbons (Fsp3) is 0.500. The first-order valence-electron chi connectivity index (χ1n) is 8.13. The summed E-state index contributed by atoms with van der Waals surface area (Å²) in [4.78, 5) is 7.37. The Hall–Kier alpha value is -0.940. The molecule has 0 spiro atoms. The van der Waals surface area contributed by atoms with Crippen LogP contribution >= 0.6 is 23.7 Å². The standard InChI is InChI=1S/C18H25N3S.ClH/c1-14-3-5-16(6-4-14)18-20-17(13-22-18)12-21-9-7-15(8-10-21)11-19-2;/h3-6,13,15,19H,7-12H2,1-2H3;1H. The van der Waals surface area contributed by atoms with Crippen LogP contribution < -0.4 is 5.32 Å². The third-order valence-corrected chi connectivity index (χ3v) is 5.38. The van der Waals surface area contributed by atoms with E-state index in [2.05, 4.69) is 46.8 Å². The summed E-state index contributed by atoms with van der Waals surface area (Å²) < 4.78 is 0. The number of thiazole rings is 1. The van der Waals surface area contributed by atoms with Crippen molar-refractivity contribution < 1.29 is 0 Å². The van der Waals surface area contributed by atoms with Crippen molar-refractivity contribution in [2.75, 3.05) is 26.7 Å². The van der Waals surface area contributed by atoms with Gasteiger partial charge in [0.05, 0.1) is 5.69 Å². The molecule has 0 unspecified atom stereocenters. The second-order valence-electron chi connectivity index (χ2n) is 6.29. The van der Waals surface area contributed by atoms with Crippen molar-refractivity contribution in [3.63, 3.8) is 0 Å². The van der Waals surface area contributed by atoms with E-state index in [-0.39, 0.29) is 12.4 Å². The molecule has 3 rings (SSSR count). The maximum atomic E-state index is 4.82. The molecule has 23 heavy (non-hydrogen) atoms. The summed E-state index contributed by atoms with van der Waals surface area (Å²) in [7, 11) is 2.05. The average Bonchev–Trinajstić information content (AvgIpc) is 2.99. The van der Waals surface area contributed by atoms with Gasteiger partial charge in [-0.3, -0.25) is 4.90 Å². The van der Waals surface area contributed by atoms with Gasteiger partial charge in [-0.25, -0.2) is 4.98 Å². The number of aromatic nitrogens is 1. The number of benzene rings is 1. The number of hydrogen-bond donors (Lipinski definition) is 1. The first kappa shape index (κ1) is 18.4. The lowest BCUT2D eigenvalue weighted by atomic mass is 9.97. The molecule has 0 bridgehead atoms. The summed E-state index contributed by atoms with van der Waals surface area (Å²) in [5.41, 5.74) is 3.74. The molecule has 1 saturated heterocycles. The second-order valence-corrected chi connectivity index (χ2v) is 7.15. The van der Waals surface area contributed by atoms with E-state index in [9.17, 15) is 0 Å². The molecule has 2 aromatic rings. The fourth-order valence-electron chi connectivity index (χ4n) is 3.07. The molecule has 0 amide bonds. The van der Waals surface area contributed by atoms with Crippen LogP contribution in [-0.4, -0.2) is 36.6 Å². The van der Waals surface area contributed by atoms with Crippen molar-refractivity contribution in [2.24, 2.45) is 5.92 Å². The number of nitrogens with one attached hydrogen (secondary N) is 1. The van der Waals surface area contributed by atoms with Crippen LogP contribution in [0.1, 0.15) is 24.1 Å². The zero-order valence-electron chi connectivity index (χ0n) is 13.9. The van der Waals surface area contributed by atoms with Gasteiger partial charge in [-0.1, -0.05) is 29.8 Å². The first-order chi connectivity index (χ1) is 10.7. The van der Waals surface area contributed by atoms with Gasteiger partial charge < -0.3 is 5.32 Å². The van der Waals surface area contributed by atoms with Crippen LogP contribution in [0, 0.1) is 12.8 Å². The summed E-state index contributed by atoms with van der Waals surface area (Å²) in [5, 5.41) is 6.65. The zero-order chi connectivity index (χ0) is 15.4. The zero-order valence-corrected chi connectivity index (χ0v) is 15.6. The van der Waals surface area contributed by atoms with E-state index in [4.69, 9.17) is 4.98 Å². The van der Waals surface area contributed by atoms with Gasteiger partial charge in [-0.2, -0.15) is 0 Å². The second kappa shape index (κ2) is 8.78. The highest BCUT2D eigenvalue weighted by atomic mass is 35.5. The molecule has 0 saturated carbocycles. The number of likely N-dealkylation sites (tertiary alicyclic amines) is 1. The molecule has 0 radical (unpaired) electrons. The Bertz CT molecular complexity index is 589. The van der Waals surface area contributed by atoms with Crippen molar-refractivity contribution in [2.45, 2.75) is 26.3 Å². The van der Waals surface area contributed by atoms with E-state index >= 15 is 0 Å². The molecule has 1 N–H and O–H groups in total. The van der Waals surface area contributed by atoms with Crippen molar-refractivity contribution in [1.82, 2.24) is 15.2 Å². The van der Waals surface area contributed by atoms with Gasteiger partial charge in [-0.05, 0) is 52.4 Å². The number of rotatable bonds is 5.